The summed E-state index contributed by atoms with van der Waals surface area (Å²) in [4.78, 5) is 0. The van der Waals surface area contributed by atoms with Gasteiger partial charge in [-0.25, -0.2) is 0 Å². The van der Waals surface area contributed by atoms with Crippen LogP contribution in [0.25, 0.3) is 0 Å². The molecule has 1 aromatic rings. The Morgan fingerprint density at radius 3 is 2.82 bits per heavy atom. The molecule has 3 heteroatoms. The smallest absolute Gasteiger partial charge is 0.0596 e. The molecule has 0 saturated heterocycles. The van der Waals surface area contributed by atoms with Crippen LogP contribution >= 0.6 is 0 Å². The number of hydrogen-bond acceptors (Lipinski definition) is 2. The summed E-state index contributed by atoms with van der Waals surface area (Å²) in [6.45, 7) is 6.77. The van der Waals surface area contributed by atoms with E-state index in [4.69, 9.17) is 5.73 Å². The van der Waals surface area contributed by atoms with Crippen molar-refractivity contribution in [3.63, 3.8) is 0 Å². The number of nitrogens with zero attached hydrogens (tertiary/aromatic N) is 2. The molecular weight excluding hydrogens is 210 g/mol. The van der Waals surface area contributed by atoms with E-state index in [0.717, 1.165) is 18.5 Å². The molecule has 1 heterocycles. The second-order valence-corrected chi connectivity index (χ2v) is 6.44. The number of nitrogens with two attached hydrogens (primary N) is 1. The van der Waals surface area contributed by atoms with Crippen LogP contribution < -0.4 is 5.73 Å². The molecule has 0 spiro atoms. The molecule has 0 aliphatic heterocycles. The first-order chi connectivity index (χ1) is 7.87. The highest BCUT2D eigenvalue weighted by Crippen LogP contribution is 2.39. The van der Waals surface area contributed by atoms with Crippen LogP contribution in [0.4, 0.5) is 0 Å². The molecule has 2 atom stereocenters. The third-order valence-electron chi connectivity index (χ3n) is 4.14. The van der Waals surface area contributed by atoms with Crippen LogP contribution in [0.2, 0.25) is 0 Å². The molecule has 0 aromatic carbocycles. The van der Waals surface area contributed by atoms with E-state index in [9.17, 15) is 0 Å². The van der Waals surface area contributed by atoms with E-state index in [1.165, 1.54) is 18.5 Å². The topological polar surface area (TPSA) is 43.8 Å². The highest BCUT2D eigenvalue weighted by molar-refractivity contribution is 5.10. The van der Waals surface area contributed by atoms with Crippen molar-refractivity contribution >= 4 is 0 Å². The van der Waals surface area contributed by atoms with Gasteiger partial charge in [0.15, 0.2) is 0 Å². The van der Waals surface area contributed by atoms with Gasteiger partial charge in [-0.1, -0.05) is 13.8 Å². The van der Waals surface area contributed by atoms with Crippen molar-refractivity contribution in [2.45, 2.75) is 52.5 Å². The van der Waals surface area contributed by atoms with E-state index in [-0.39, 0.29) is 0 Å². The lowest BCUT2D eigenvalue weighted by molar-refractivity contribution is 0.155. The van der Waals surface area contributed by atoms with Crippen LogP contribution in [0.1, 0.15) is 44.5 Å². The second kappa shape index (κ2) is 4.45. The summed E-state index contributed by atoms with van der Waals surface area (Å²) >= 11 is 0. The molecule has 0 radical (unpaired) electrons. The Morgan fingerprint density at radius 2 is 2.24 bits per heavy atom. The molecule has 1 aliphatic rings. The molecular formula is C14H25N3. The maximum Gasteiger partial charge on any atom is 0.0596 e. The Hall–Kier alpha value is -0.830. The lowest BCUT2D eigenvalue weighted by Gasteiger charge is -2.39. The van der Waals surface area contributed by atoms with Crippen molar-refractivity contribution in [1.82, 2.24) is 9.78 Å². The molecule has 0 amide bonds. The summed E-state index contributed by atoms with van der Waals surface area (Å²) in [7, 11) is 2.03. The van der Waals surface area contributed by atoms with E-state index in [0.29, 0.717) is 17.4 Å². The van der Waals surface area contributed by atoms with Gasteiger partial charge >= 0.3 is 0 Å². The molecule has 1 saturated carbocycles. The van der Waals surface area contributed by atoms with Gasteiger partial charge in [0.25, 0.3) is 0 Å². The maximum absolute atomic E-state index is 6.28. The number of hydrogen-bond donors (Lipinski definition) is 1. The predicted octanol–water partition coefficient (Wildman–Crippen LogP) is 2.42. The summed E-state index contributed by atoms with van der Waals surface area (Å²) < 4.78 is 2.00. The van der Waals surface area contributed by atoms with Crippen molar-refractivity contribution in [1.29, 1.82) is 0 Å². The SMILES string of the molecule is Cc1cc(CC2CC(C)(C)CCC2N)n(C)n1. The Morgan fingerprint density at radius 1 is 1.53 bits per heavy atom. The van der Waals surface area contributed by atoms with E-state index in [1.807, 2.05) is 18.7 Å². The summed E-state index contributed by atoms with van der Waals surface area (Å²) in [6.07, 6.45) is 4.73. The number of aromatic nitrogens is 2. The van der Waals surface area contributed by atoms with Gasteiger partial charge < -0.3 is 5.73 Å². The monoisotopic (exact) mass is 235 g/mol. The Kier molecular flexibility index (Phi) is 3.30. The van der Waals surface area contributed by atoms with Crippen molar-refractivity contribution in [3.8, 4) is 0 Å². The second-order valence-electron chi connectivity index (χ2n) is 6.44. The van der Waals surface area contributed by atoms with Gasteiger partial charge in [0, 0.05) is 18.8 Å². The molecule has 1 aromatic heterocycles. The minimum absolute atomic E-state index is 0.359. The molecule has 96 valence electrons. The normalized spacial score (nSPS) is 28.3. The Balaban J connectivity index is 2.09. The molecule has 1 aliphatic carbocycles. The van der Waals surface area contributed by atoms with Crippen LogP contribution in [0.15, 0.2) is 6.07 Å². The first kappa shape index (κ1) is 12.6. The number of aryl methyl sites for hydroxylation is 2. The zero-order valence-electron chi connectivity index (χ0n) is 11.5. The fourth-order valence-corrected chi connectivity index (χ4v) is 3.10. The average Bonchev–Trinajstić information content (AvgIpc) is 2.51. The average molecular weight is 235 g/mol. The van der Waals surface area contributed by atoms with Crippen molar-refractivity contribution in [3.05, 3.63) is 17.5 Å². The molecule has 1 fully saturated rings. The minimum atomic E-state index is 0.359. The van der Waals surface area contributed by atoms with Gasteiger partial charge in [-0.2, -0.15) is 5.10 Å². The summed E-state index contributed by atoms with van der Waals surface area (Å²) in [5.74, 6) is 0.605. The standard InChI is InChI=1S/C14H25N3/c1-10-7-12(17(4)16-10)8-11-9-14(2,3)6-5-13(11)15/h7,11,13H,5-6,8-9,15H2,1-4H3. The lowest BCUT2D eigenvalue weighted by Crippen LogP contribution is -2.40. The third kappa shape index (κ3) is 2.89. The minimum Gasteiger partial charge on any atom is -0.327 e. The fourth-order valence-electron chi connectivity index (χ4n) is 3.10. The fraction of sp³-hybridized carbons (Fsp3) is 0.786. The van der Waals surface area contributed by atoms with Gasteiger partial charge in [-0.15, -0.1) is 0 Å². The summed E-state index contributed by atoms with van der Waals surface area (Å²) in [6, 6.07) is 2.55. The van der Waals surface area contributed by atoms with Gasteiger partial charge in [-0.05, 0) is 50.0 Å². The van der Waals surface area contributed by atoms with Gasteiger partial charge in [0.2, 0.25) is 0 Å². The Bertz CT molecular complexity index is 392. The first-order valence-corrected chi connectivity index (χ1v) is 6.62. The first-order valence-electron chi connectivity index (χ1n) is 6.62. The van der Waals surface area contributed by atoms with Gasteiger partial charge in [0.1, 0.15) is 0 Å². The third-order valence-corrected chi connectivity index (χ3v) is 4.14. The number of rotatable bonds is 2. The van der Waals surface area contributed by atoms with Gasteiger partial charge in [-0.3, -0.25) is 4.68 Å². The van der Waals surface area contributed by atoms with Crippen LogP contribution in [0.5, 0.6) is 0 Å². The predicted molar refractivity (Wildman–Crippen MR) is 70.7 cm³/mol. The quantitative estimate of drug-likeness (QED) is 0.855. The highest BCUT2D eigenvalue weighted by Gasteiger charge is 2.33. The largest absolute Gasteiger partial charge is 0.327 e. The van der Waals surface area contributed by atoms with E-state index in [1.54, 1.807) is 0 Å². The molecule has 2 N–H and O–H groups in total. The van der Waals surface area contributed by atoms with Crippen LogP contribution in [-0.4, -0.2) is 15.8 Å². The van der Waals surface area contributed by atoms with Crippen LogP contribution in [0.3, 0.4) is 0 Å². The molecule has 0 bridgehead atoms. The maximum atomic E-state index is 6.28. The molecule has 2 rings (SSSR count). The molecule has 17 heavy (non-hydrogen) atoms. The van der Waals surface area contributed by atoms with Crippen molar-refractivity contribution in [2.24, 2.45) is 24.1 Å². The summed E-state index contributed by atoms with van der Waals surface area (Å²) in [5.41, 5.74) is 9.15. The van der Waals surface area contributed by atoms with E-state index < -0.39 is 0 Å². The van der Waals surface area contributed by atoms with Crippen LogP contribution in [-0.2, 0) is 13.5 Å². The molecule has 3 nitrogen and oxygen atoms in total. The van der Waals surface area contributed by atoms with Crippen molar-refractivity contribution in [2.75, 3.05) is 0 Å². The van der Waals surface area contributed by atoms with E-state index in [2.05, 4.69) is 25.0 Å². The Labute approximate surface area is 104 Å². The van der Waals surface area contributed by atoms with Crippen LogP contribution in [0, 0.1) is 18.3 Å². The van der Waals surface area contributed by atoms with Crippen molar-refractivity contribution < 1.29 is 0 Å². The van der Waals surface area contributed by atoms with E-state index >= 15 is 0 Å². The highest BCUT2D eigenvalue weighted by atomic mass is 15.3. The molecule has 2 unspecified atom stereocenters. The van der Waals surface area contributed by atoms with Gasteiger partial charge in [0.05, 0.1) is 5.69 Å². The summed E-state index contributed by atoms with van der Waals surface area (Å²) in [5, 5.41) is 4.41. The zero-order chi connectivity index (χ0) is 12.6. The zero-order valence-corrected chi connectivity index (χ0v) is 11.5. The lowest BCUT2D eigenvalue weighted by atomic mass is 9.69.